The van der Waals surface area contributed by atoms with E-state index in [9.17, 15) is 19.6 Å². The largest absolute Gasteiger partial charge is 0.470 e. The lowest BCUT2D eigenvalue weighted by atomic mass is 10.00. The third-order valence-corrected chi connectivity index (χ3v) is 4.79. The second-order valence-electron chi connectivity index (χ2n) is 5.78. The summed E-state index contributed by atoms with van der Waals surface area (Å²) in [6, 6.07) is 0. The third kappa shape index (κ3) is 2.93. The first-order valence-electron chi connectivity index (χ1n) is 7.57. The number of imidazole rings is 1. The molecule has 0 aliphatic carbocycles. The van der Waals surface area contributed by atoms with E-state index in [-0.39, 0.29) is 23.5 Å². The van der Waals surface area contributed by atoms with Crippen molar-refractivity contribution in [1.82, 2.24) is 19.5 Å². The second-order valence-corrected chi connectivity index (χ2v) is 6.97. The average Bonchev–Trinajstić information content (AvgIpc) is 3.08. The summed E-state index contributed by atoms with van der Waals surface area (Å²) in [5.41, 5.74) is 3.24. The van der Waals surface area contributed by atoms with Crippen LogP contribution in [-0.4, -0.2) is 64.4 Å². The molecule has 14 heteroatoms. The molecule has 4 atom stereocenters. The van der Waals surface area contributed by atoms with Crippen LogP contribution in [0, 0.1) is 0 Å². The minimum Gasteiger partial charge on any atom is -0.394 e. The molecule has 0 unspecified atom stereocenters. The number of aromatic amines is 1. The van der Waals surface area contributed by atoms with Crippen molar-refractivity contribution >= 4 is 24.9 Å². The number of nitrogen functional groups attached to an aromatic ring is 1. The Morgan fingerprint density at radius 3 is 2.81 bits per heavy atom. The van der Waals surface area contributed by atoms with Gasteiger partial charge in [-0.15, -0.1) is 0 Å². The van der Waals surface area contributed by atoms with Gasteiger partial charge in [-0.05, 0) is 6.42 Å². The molecule has 1 fully saturated rings. The van der Waals surface area contributed by atoms with Gasteiger partial charge in [0.1, 0.15) is 18.3 Å². The molecule has 144 valence electrons. The van der Waals surface area contributed by atoms with E-state index in [1.54, 1.807) is 6.92 Å². The van der Waals surface area contributed by atoms with Crippen LogP contribution in [0.2, 0.25) is 0 Å². The van der Waals surface area contributed by atoms with Crippen LogP contribution in [0.3, 0.4) is 0 Å². The number of H-pyrrole nitrogens is 1. The molecule has 7 N–H and O–H groups in total. The first-order valence-corrected chi connectivity index (χ1v) is 9.10. The van der Waals surface area contributed by atoms with Crippen LogP contribution in [0.1, 0.15) is 13.3 Å². The summed E-state index contributed by atoms with van der Waals surface area (Å²) in [5.74, 6) is -0.190. The molecule has 1 aliphatic rings. The Labute approximate surface area is 145 Å². The summed E-state index contributed by atoms with van der Waals surface area (Å²) in [6.45, 7) is 0.951. The first kappa shape index (κ1) is 18.9. The zero-order valence-corrected chi connectivity index (χ0v) is 14.4. The quantitative estimate of drug-likeness (QED) is 0.307. The highest BCUT2D eigenvalue weighted by atomic mass is 31.2. The molecule has 3 rings (SSSR count). The summed E-state index contributed by atoms with van der Waals surface area (Å²) in [6.07, 6.45) is -3.12. The number of aliphatic hydroxyl groups is 2. The fraction of sp³-hybridized carbons (Fsp3) is 0.583. The molecule has 2 aromatic rings. The number of nitrogens with zero attached hydrogens (tertiary/aromatic N) is 3. The topological polar surface area (TPSA) is 206 Å². The van der Waals surface area contributed by atoms with Gasteiger partial charge in [0.25, 0.3) is 5.56 Å². The van der Waals surface area contributed by atoms with Crippen LogP contribution in [0.5, 0.6) is 0 Å². The van der Waals surface area contributed by atoms with E-state index in [2.05, 4.69) is 19.5 Å². The lowest BCUT2D eigenvalue weighted by Gasteiger charge is -2.32. The fourth-order valence-corrected chi connectivity index (χ4v) is 3.72. The minimum absolute atomic E-state index is 0.000620. The van der Waals surface area contributed by atoms with E-state index in [0.717, 1.165) is 0 Å². The lowest BCUT2D eigenvalue weighted by Crippen LogP contribution is -2.45. The van der Waals surface area contributed by atoms with Crippen molar-refractivity contribution in [1.29, 1.82) is 0 Å². The molecule has 0 saturated carbocycles. The Balaban J connectivity index is 2.15. The number of ether oxygens (including phenoxy) is 1. The molecule has 0 bridgehead atoms. The Kier molecular flexibility index (Phi) is 4.65. The molecule has 26 heavy (non-hydrogen) atoms. The Hall–Kier alpha value is -1.86. The Morgan fingerprint density at radius 1 is 1.54 bits per heavy atom. The Morgan fingerprint density at radius 2 is 2.23 bits per heavy atom. The minimum atomic E-state index is -4.98. The van der Waals surface area contributed by atoms with Gasteiger partial charge >= 0.3 is 7.82 Å². The maximum atomic E-state index is 12.0. The molecule has 1 saturated heterocycles. The molecule has 13 nitrogen and oxygen atoms in total. The van der Waals surface area contributed by atoms with Gasteiger partial charge in [0.2, 0.25) is 5.95 Å². The van der Waals surface area contributed by atoms with E-state index < -0.39 is 44.0 Å². The van der Waals surface area contributed by atoms with E-state index in [1.807, 2.05) is 0 Å². The van der Waals surface area contributed by atoms with Crippen LogP contribution >= 0.6 is 7.82 Å². The number of nitrogens with two attached hydrogens (primary N) is 1. The number of aromatic nitrogens is 4. The number of hydrogen-bond donors (Lipinski definition) is 6. The van der Waals surface area contributed by atoms with Crippen LogP contribution < -0.4 is 11.3 Å². The van der Waals surface area contributed by atoms with Crippen LogP contribution in [0.4, 0.5) is 5.95 Å². The maximum absolute atomic E-state index is 12.0. The van der Waals surface area contributed by atoms with Gasteiger partial charge in [0.05, 0.1) is 12.9 Å². The van der Waals surface area contributed by atoms with Crippen molar-refractivity contribution in [3.8, 4) is 0 Å². The maximum Gasteiger partial charge on any atom is 0.470 e. The Bertz CT molecular complexity index is 924. The highest BCUT2D eigenvalue weighted by molar-refractivity contribution is 7.46. The number of anilines is 1. The molecule has 0 radical (unpaired) electrons. The van der Waals surface area contributed by atoms with Crippen LogP contribution in [-0.2, 0) is 19.6 Å². The highest BCUT2D eigenvalue weighted by Crippen LogP contribution is 2.47. The first-order chi connectivity index (χ1) is 12.1. The van der Waals surface area contributed by atoms with Gasteiger partial charge < -0.3 is 30.5 Å². The van der Waals surface area contributed by atoms with E-state index in [0.29, 0.717) is 0 Å². The smallest absolute Gasteiger partial charge is 0.394 e. The predicted molar refractivity (Wildman–Crippen MR) is 85.7 cm³/mol. The van der Waals surface area contributed by atoms with Gasteiger partial charge in [-0.2, -0.15) is 4.98 Å². The zero-order valence-electron chi connectivity index (χ0n) is 13.5. The van der Waals surface area contributed by atoms with Crippen molar-refractivity contribution in [2.45, 2.75) is 37.4 Å². The normalized spacial score (nSPS) is 29.5. The van der Waals surface area contributed by atoms with Crippen molar-refractivity contribution in [3.05, 3.63) is 16.7 Å². The molecule has 0 amide bonds. The SMILES string of the molecule is CC[C@@]1(n2cnc3c(=O)[nH]c(N)nc32)O[C@H](CO)[C@@H](OP(=O)(O)O)[C@H]1O. The summed E-state index contributed by atoms with van der Waals surface area (Å²) in [5, 5.41) is 20.2. The molecule has 1 aliphatic heterocycles. The standard InChI is InChI=1S/C12H18N5O8P/c1-2-12(8(19)7(5(3-18)24-12)25-26(21,22)23)17-4-14-6-9(17)15-11(13)16-10(6)20/h4-5,7-8,18-19H,2-3H2,1H3,(H2,21,22,23)(H3,13,15,16,20)/t5-,7-,8-,12-/m1/s1. The van der Waals surface area contributed by atoms with Crippen LogP contribution in [0.15, 0.2) is 11.1 Å². The van der Waals surface area contributed by atoms with Gasteiger partial charge in [-0.3, -0.25) is 18.9 Å². The van der Waals surface area contributed by atoms with Gasteiger partial charge in [0, 0.05) is 0 Å². The summed E-state index contributed by atoms with van der Waals surface area (Å²) in [4.78, 5) is 40.3. The van der Waals surface area contributed by atoms with Gasteiger partial charge in [0.15, 0.2) is 16.9 Å². The van der Waals surface area contributed by atoms with Crippen molar-refractivity contribution in [3.63, 3.8) is 0 Å². The van der Waals surface area contributed by atoms with Gasteiger partial charge in [-0.25, -0.2) is 9.55 Å². The molecule has 3 heterocycles. The van der Waals surface area contributed by atoms with Crippen LogP contribution in [0.25, 0.3) is 11.2 Å². The van der Waals surface area contributed by atoms with E-state index in [4.69, 9.17) is 20.3 Å². The number of phosphoric acid groups is 1. The average molecular weight is 391 g/mol. The monoisotopic (exact) mass is 391 g/mol. The fourth-order valence-electron chi connectivity index (χ4n) is 3.15. The highest BCUT2D eigenvalue weighted by Gasteiger charge is 2.57. The zero-order chi connectivity index (χ0) is 19.3. The van der Waals surface area contributed by atoms with Crippen molar-refractivity contribution < 1.29 is 33.8 Å². The van der Waals surface area contributed by atoms with E-state index in [1.165, 1.54) is 10.9 Å². The number of nitrogens with one attached hydrogen (secondary N) is 1. The third-order valence-electron chi connectivity index (χ3n) is 4.27. The molecule has 0 spiro atoms. The lowest BCUT2D eigenvalue weighted by molar-refractivity contribution is -0.147. The van der Waals surface area contributed by atoms with Crippen molar-refractivity contribution in [2.75, 3.05) is 12.3 Å². The molecular weight excluding hydrogens is 373 g/mol. The predicted octanol–water partition coefficient (Wildman–Crippen LogP) is -2.01. The molecule has 2 aromatic heterocycles. The molecular formula is C12H18N5O8P. The summed E-state index contributed by atoms with van der Waals surface area (Å²) < 4.78 is 22.8. The number of phosphoric ester groups is 1. The number of fused-ring (bicyclic) bond motifs is 1. The van der Waals surface area contributed by atoms with Gasteiger partial charge in [-0.1, -0.05) is 6.92 Å². The number of aliphatic hydroxyl groups excluding tert-OH is 2. The summed E-state index contributed by atoms with van der Waals surface area (Å²) >= 11 is 0. The molecule has 0 aromatic carbocycles. The number of rotatable bonds is 5. The number of hydrogen-bond acceptors (Lipinski definition) is 9. The second kappa shape index (κ2) is 6.39. The summed E-state index contributed by atoms with van der Waals surface area (Å²) in [7, 11) is -4.98. The van der Waals surface area contributed by atoms with Crippen molar-refractivity contribution in [2.24, 2.45) is 0 Å². The van der Waals surface area contributed by atoms with E-state index >= 15 is 0 Å².